The molecule has 0 bridgehead atoms. The molecule has 2 aromatic carbocycles. The monoisotopic (exact) mass is 445 g/mol. The molecule has 170 valence electrons. The molecule has 9 heteroatoms. The summed E-state index contributed by atoms with van der Waals surface area (Å²) in [6.45, 7) is 1.01. The van der Waals surface area contributed by atoms with E-state index < -0.39 is 0 Å². The maximum absolute atomic E-state index is 13.0. The number of fused-ring (bicyclic) bond motifs is 2. The molecule has 4 aromatic rings. The van der Waals surface area contributed by atoms with Crippen molar-refractivity contribution in [2.24, 2.45) is 5.10 Å². The minimum absolute atomic E-state index is 0.186. The molecular formula is C24H27N7O2. The first-order valence-electron chi connectivity index (χ1n) is 10.6. The molecule has 0 aliphatic heterocycles. The summed E-state index contributed by atoms with van der Waals surface area (Å²) in [5.41, 5.74) is 10.9. The second kappa shape index (κ2) is 9.66. The van der Waals surface area contributed by atoms with Gasteiger partial charge in [0, 0.05) is 40.0 Å². The standard InChI is InChI=1S/C24H27N7O2/c1-30(2)17-11-9-16(10-12-17)15-27-31-22(25)20(24(32)26-13-6-14-33-3)21-23(31)29-19-8-5-4-7-18(19)28-21/h4-5,7-12,15H,6,13-14,25H2,1-3H3,(H,26,32)/b27-15+. The molecule has 4 rings (SSSR count). The third-order valence-corrected chi connectivity index (χ3v) is 5.24. The van der Waals surface area contributed by atoms with Gasteiger partial charge in [-0.2, -0.15) is 9.78 Å². The first-order valence-corrected chi connectivity index (χ1v) is 10.6. The lowest BCUT2D eigenvalue weighted by Crippen LogP contribution is -2.26. The van der Waals surface area contributed by atoms with Crippen LogP contribution >= 0.6 is 0 Å². The quantitative estimate of drug-likeness (QED) is 0.319. The van der Waals surface area contributed by atoms with Crippen LogP contribution in [0.4, 0.5) is 11.5 Å². The number of benzene rings is 2. The Kier molecular flexibility index (Phi) is 6.50. The highest BCUT2D eigenvalue weighted by atomic mass is 16.5. The molecule has 2 aromatic heterocycles. The van der Waals surface area contributed by atoms with Crippen molar-refractivity contribution in [1.82, 2.24) is 20.0 Å². The molecule has 0 aliphatic carbocycles. The van der Waals surface area contributed by atoms with Gasteiger partial charge in [0.05, 0.1) is 17.2 Å². The summed E-state index contributed by atoms with van der Waals surface area (Å²) in [4.78, 5) is 24.4. The number of anilines is 2. The SMILES string of the molecule is COCCCNC(=O)c1c(N)n(/N=C/c2ccc(N(C)C)cc2)c2nc3ccccc3nc12. The summed E-state index contributed by atoms with van der Waals surface area (Å²) in [6, 6.07) is 15.4. The van der Waals surface area contributed by atoms with E-state index in [2.05, 4.69) is 15.4 Å². The van der Waals surface area contributed by atoms with Crippen LogP contribution in [-0.2, 0) is 4.74 Å². The van der Waals surface area contributed by atoms with Gasteiger partial charge in [-0.1, -0.05) is 24.3 Å². The lowest BCUT2D eigenvalue weighted by atomic mass is 10.2. The molecule has 3 N–H and O–H groups in total. The molecule has 0 fully saturated rings. The zero-order valence-electron chi connectivity index (χ0n) is 18.9. The van der Waals surface area contributed by atoms with Crippen LogP contribution in [0, 0.1) is 0 Å². The van der Waals surface area contributed by atoms with Crippen molar-refractivity contribution < 1.29 is 9.53 Å². The van der Waals surface area contributed by atoms with Crippen LogP contribution < -0.4 is 16.0 Å². The van der Waals surface area contributed by atoms with E-state index in [1.54, 1.807) is 13.3 Å². The fourth-order valence-corrected chi connectivity index (χ4v) is 3.48. The van der Waals surface area contributed by atoms with Gasteiger partial charge in [0.2, 0.25) is 0 Å². The van der Waals surface area contributed by atoms with Gasteiger partial charge >= 0.3 is 0 Å². The maximum Gasteiger partial charge on any atom is 0.257 e. The second-order valence-electron chi connectivity index (χ2n) is 7.79. The number of hydrogen-bond donors (Lipinski definition) is 2. The average Bonchev–Trinajstić information content (AvgIpc) is 3.09. The summed E-state index contributed by atoms with van der Waals surface area (Å²) in [6.07, 6.45) is 2.38. The van der Waals surface area contributed by atoms with E-state index in [-0.39, 0.29) is 17.3 Å². The highest BCUT2D eigenvalue weighted by Crippen LogP contribution is 2.27. The van der Waals surface area contributed by atoms with E-state index in [4.69, 9.17) is 15.5 Å². The number of carbonyl (C=O) groups is 1. The summed E-state index contributed by atoms with van der Waals surface area (Å²) < 4.78 is 6.52. The molecule has 0 atom stereocenters. The zero-order chi connectivity index (χ0) is 23.4. The van der Waals surface area contributed by atoms with Crippen LogP contribution in [0.25, 0.3) is 22.2 Å². The number of nitrogens with one attached hydrogen (secondary N) is 1. The third-order valence-electron chi connectivity index (χ3n) is 5.24. The van der Waals surface area contributed by atoms with E-state index in [9.17, 15) is 4.79 Å². The first-order chi connectivity index (χ1) is 16.0. The normalized spacial score (nSPS) is 11.5. The Hall–Kier alpha value is -3.98. The molecule has 0 unspecified atom stereocenters. The molecule has 0 saturated heterocycles. The predicted molar refractivity (Wildman–Crippen MR) is 132 cm³/mol. The molecule has 0 spiro atoms. The Morgan fingerprint density at radius 1 is 1.15 bits per heavy atom. The second-order valence-corrected chi connectivity index (χ2v) is 7.79. The minimum Gasteiger partial charge on any atom is -0.385 e. The maximum atomic E-state index is 13.0. The number of amides is 1. The van der Waals surface area contributed by atoms with E-state index in [1.807, 2.05) is 67.5 Å². The molecule has 0 radical (unpaired) electrons. The number of carbonyl (C=O) groups excluding carboxylic acids is 1. The van der Waals surface area contributed by atoms with Crippen molar-refractivity contribution in [1.29, 1.82) is 0 Å². The van der Waals surface area contributed by atoms with Crippen LogP contribution in [-0.4, -0.2) is 61.1 Å². The third kappa shape index (κ3) is 4.63. The number of nitrogens with two attached hydrogens (primary N) is 1. The Labute approximate surface area is 191 Å². The summed E-state index contributed by atoms with van der Waals surface area (Å²) in [5.74, 6) is -0.131. The minimum atomic E-state index is -0.317. The fraction of sp³-hybridized carbons (Fsp3) is 0.250. The molecule has 1 amide bonds. The molecule has 9 nitrogen and oxygen atoms in total. The highest BCUT2D eigenvalue weighted by Gasteiger charge is 2.23. The molecule has 0 saturated carbocycles. The van der Waals surface area contributed by atoms with Gasteiger partial charge in [0.25, 0.3) is 5.91 Å². The lowest BCUT2D eigenvalue weighted by molar-refractivity contribution is 0.0951. The van der Waals surface area contributed by atoms with Crippen molar-refractivity contribution >= 4 is 45.8 Å². The Morgan fingerprint density at radius 2 is 1.85 bits per heavy atom. The van der Waals surface area contributed by atoms with E-state index in [1.165, 1.54) is 4.68 Å². The Bertz CT molecular complexity index is 1310. The van der Waals surface area contributed by atoms with Gasteiger partial charge < -0.3 is 20.7 Å². The molecule has 0 aliphatic rings. The van der Waals surface area contributed by atoms with Crippen LogP contribution in [0.3, 0.4) is 0 Å². The number of ether oxygens (including phenoxy) is 1. The number of nitrogens with zero attached hydrogens (tertiary/aromatic N) is 5. The van der Waals surface area contributed by atoms with Crippen molar-refractivity contribution in [3.05, 3.63) is 59.7 Å². The smallest absolute Gasteiger partial charge is 0.257 e. The summed E-state index contributed by atoms with van der Waals surface area (Å²) in [5, 5.41) is 7.43. The van der Waals surface area contributed by atoms with Crippen LogP contribution in [0.15, 0.2) is 53.6 Å². The van der Waals surface area contributed by atoms with Gasteiger partial charge in [-0.15, -0.1) is 0 Å². The van der Waals surface area contributed by atoms with Crippen molar-refractivity contribution in [2.45, 2.75) is 6.42 Å². The number of hydrogen-bond acceptors (Lipinski definition) is 7. The van der Waals surface area contributed by atoms with Crippen LogP contribution in [0.1, 0.15) is 22.3 Å². The highest BCUT2D eigenvalue weighted by molar-refractivity contribution is 6.10. The molecular weight excluding hydrogens is 418 g/mol. The van der Waals surface area contributed by atoms with Crippen molar-refractivity contribution in [3.63, 3.8) is 0 Å². The lowest BCUT2D eigenvalue weighted by Gasteiger charge is -2.11. The number of para-hydroxylation sites is 2. The fourth-order valence-electron chi connectivity index (χ4n) is 3.48. The van der Waals surface area contributed by atoms with E-state index >= 15 is 0 Å². The van der Waals surface area contributed by atoms with Crippen molar-refractivity contribution in [3.8, 4) is 0 Å². The van der Waals surface area contributed by atoms with Gasteiger partial charge in [-0.25, -0.2) is 9.97 Å². The Morgan fingerprint density at radius 3 is 2.52 bits per heavy atom. The van der Waals surface area contributed by atoms with Crippen LogP contribution in [0.5, 0.6) is 0 Å². The van der Waals surface area contributed by atoms with Gasteiger partial charge in [0.1, 0.15) is 16.9 Å². The number of aromatic nitrogens is 3. The van der Waals surface area contributed by atoms with Crippen LogP contribution in [0.2, 0.25) is 0 Å². The number of rotatable bonds is 8. The summed E-state index contributed by atoms with van der Waals surface area (Å²) in [7, 11) is 5.60. The van der Waals surface area contributed by atoms with Gasteiger partial charge in [0.15, 0.2) is 5.65 Å². The van der Waals surface area contributed by atoms with Gasteiger partial charge in [-0.3, -0.25) is 4.79 Å². The average molecular weight is 446 g/mol. The topological polar surface area (TPSA) is 111 Å². The Balaban J connectivity index is 1.77. The van der Waals surface area contributed by atoms with Crippen molar-refractivity contribution in [2.75, 3.05) is 45.0 Å². The van der Waals surface area contributed by atoms with E-state index in [0.29, 0.717) is 41.8 Å². The first kappa shape index (κ1) is 22.2. The van der Waals surface area contributed by atoms with E-state index in [0.717, 1.165) is 11.3 Å². The van der Waals surface area contributed by atoms with Gasteiger partial charge in [-0.05, 0) is 36.2 Å². The molecule has 2 heterocycles. The largest absolute Gasteiger partial charge is 0.385 e. The number of methoxy groups -OCH3 is 1. The zero-order valence-corrected chi connectivity index (χ0v) is 18.9. The summed E-state index contributed by atoms with van der Waals surface area (Å²) >= 11 is 0. The predicted octanol–water partition coefficient (Wildman–Crippen LogP) is 2.88. The molecule has 33 heavy (non-hydrogen) atoms. The number of nitrogen functional groups attached to an aromatic ring is 1.